The van der Waals surface area contributed by atoms with Crippen molar-refractivity contribution in [2.75, 3.05) is 18.6 Å². The predicted molar refractivity (Wildman–Crippen MR) is 98.9 cm³/mol. The quantitative estimate of drug-likeness (QED) is 0.254. The Kier molecular flexibility index (Phi) is 7.38. The van der Waals surface area contributed by atoms with Crippen molar-refractivity contribution in [2.24, 2.45) is 5.84 Å². The number of hydrogen-bond acceptors (Lipinski definition) is 8. The standard InChI is InChI=1S/C15H17BrF2N4O3S/c1-3-24-26-25-12-6-10(16)14(22-19)21-13(12)11-5-4-9(7-20-11)23-8-15(2,17)18/h4-7H,3,8,19H2,1-2H3,(H,21,22). The number of rotatable bonds is 9. The number of ether oxygens (including phenoxy) is 1. The fourth-order valence-corrected chi connectivity index (χ4v) is 2.50. The van der Waals surface area contributed by atoms with Gasteiger partial charge in [0.15, 0.2) is 18.2 Å². The number of halogens is 3. The number of nitrogens with zero attached hydrogens (tertiary/aromatic N) is 2. The number of hydrazine groups is 1. The van der Waals surface area contributed by atoms with Crippen molar-refractivity contribution < 1.29 is 21.9 Å². The normalized spacial score (nSPS) is 11.3. The van der Waals surface area contributed by atoms with Crippen LogP contribution in [0.5, 0.6) is 11.5 Å². The predicted octanol–water partition coefficient (Wildman–Crippen LogP) is 4.20. The lowest BCUT2D eigenvalue weighted by Gasteiger charge is -2.13. The molecule has 0 amide bonds. The van der Waals surface area contributed by atoms with E-state index in [1.54, 1.807) is 12.1 Å². The van der Waals surface area contributed by atoms with Crippen LogP contribution in [-0.2, 0) is 4.18 Å². The fourth-order valence-electron chi connectivity index (χ4n) is 1.74. The number of alkyl halides is 2. The van der Waals surface area contributed by atoms with Gasteiger partial charge in [-0.05, 0) is 35.0 Å². The van der Waals surface area contributed by atoms with Gasteiger partial charge < -0.3 is 14.3 Å². The van der Waals surface area contributed by atoms with Crippen LogP contribution in [0.2, 0.25) is 0 Å². The fraction of sp³-hybridized carbons (Fsp3) is 0.333. The highest BCUT2D eigenvalue weighted by Crippen LogP contribution is 2.35. The van der Waals surface area contributed by atoms with Gasteiger partial charge in [-0.3, -0.25) is 9.17 Å². The summed E-state index contributed by atoms with van der Waals surface area (Å²) in [4.78, 5) is 8.55. The van der Waals surface area contributed by atoms with Crippen LogP contribution in [0.4, 0.5) is 14.6 Å². The van der Waals surface area contributed by atoms with Gasteiger partial charge in [0.1, 0.15) is 11.4 Å². The second-order valence-electron chi connectivity index (χ2n) is 5.11. The topological polar surface area (TPSA) is 91.5 Å². The van der Waals surface area contributed by atoms with Crippen molar-refractivity contribution in [1.82, 2.24) is 9.97 Å². The molecule has 2 heterocycles. The van der Waals surface area contributed by atoms with E-state index in [4.69, 9.17) is 18.9 Å². The van der Waals surface area contributed by atoms with Crippen LogP contribution in [0.15, 0.2) is 28.9 Å². The van der Waals surface area contributed by atoms with Crippen LogP contribution in [-0.4, -0.2) is 29.1 Å². The van der Waals surface area contributed by atoms with Crippen molar-refractivity contribution in [1.29, 1.82) is 0 Å². The first-order valence-corrected chi connectivity index (χ1v) is 8.90. The maximum absolute atomic E-state index is 12.9. The van der Waals surface area contributed by atoms with Crippen LogP contribution in [0.1, 0.15) is 13.8 Å². The molecule has 11 heteroatoms. The molecule has 0 bridgehead atoms. The van der Waals surface area contributed by atoms with Crippen LogP contribution in [0.3, 0.4) is 0 Å². The highest BCUT2D eigenvalue weighted by atomic mass is 79.9. The molecule has 0 saturated heterocycles. The molecule has 0 radical (unpaired) electrons. The average molecular weight is 451 g/mol. The molecule has 7 nitrogen and oxygen atoms in total. The van der Waals surface area contributed by atoms with E-state index in [1.165, 1.54) is 12.3 Å². The van der Waals surface area contributed by atoms with E-state index in [-0.39, 0.29) is 5.75 Å². The van der Waals surface area contributed by atoms with E-state index in [0.717, 1.165) is 19.2 Å². The zero-order valence-corrected chi connectivity index (χ0v) is 16.4. The molecule has 0 spiro atoms. The van der Waals surface area contributed by atoms with Gasteiger partial charge in [-0.15, -0.1) is 0 Å². The van der Waals surface area contributed by atoms with Crippen LogP contribution >= 0.6 is 28.3 Å². The summed E-state index contributed by atoms with van der Waals surface area (Å²) in [5.41, 5.74) is 3.29. The van der Waals surface area contributed by atoms with Crippen LogP contribution < -0.4 is 20.2 Å². The van der Waals surface area contributed by atoms with Gasteiger partial charge in [-0.2, -0.15) is 0 Å². The maximum atomic E-state index is 12.9. The zero-order chi connectivity index (χ0) is 19.2. The van der Waals surface area contributed by atoms with Crippen molar-refractivity contribution in [3.8, 4) is 22.9 Å². The Morgan fingerprint density at radius 1 is 1.38 bits per heavy atom. The molecule has 26 heavy (non-hydrogen) atoms. The SMILES string of the molecule is CCOSOc1cc(Br)c(NN)nc1-c1ccc(OCC(C)(F)F)cn1. The summed E-state index contributed by atoms with van der Waals surface area (Å²) in [6.45, 7) is 2.34. The summed E-state index contributed by atoms with van der Waals surface area (Å²) in [6, 6.07) is 4.76. The zero-order valence-electron chi connectivity index (χ0n) is 14.0. The lowest BCUT2D eigenvalue weighted by molar-refractivity contribution is -0.0230. The highest BCUT2D eigenvalue weighted by Gasteiger charge is 2.22. The van der Waals surface area contributed by atoms with Crippen LogP contribution in [0.25, 0.3) is 11.4 Å². The molecular weight excluding hydrogens is 434 g/mol. The smallest absolute Gasteiger partial charge is 0.278 e. The third kappa shape index (κ3) is 5.94. The minimum atomic E-state index is -2.93. The number of nitrogens with one attached hydrogen (secondary N) is 1. The molecule has 0 fully saturated rings. The Hall–Kier alpha value is -1.69. The first kappa shape index (κ1) is 20.6. The number of pyridine rings is 2. The van der Waals surface area contributed by atoms with Gasteiger partial charge in [-0.1, -0.05) is 0 Å². The molecule has 0 saturated carbocycles. The average Bonchev–Trinajstić information content (AvgIpc) is 2.60. The molecule has 0 aliphatic heterocycles. The molecule has 0 aliphatic carbocycles. The van der Waals surface area contributed by atoms with E-state index in [1.807, 2.05) is 6.92 Å². The Balaban J connectivity index is 2.27. The summed E-state index contributed by atoms with van der Waals surface area (Å²) in [5, 5.41) is 0. The third-order valence-electron chi connectivity index (χ3n) is 2.84. The van der Waals surface area contributed by atoms with E-state index in [9.17, 15) is 8.78 Å². The number of aromatic nitrogens is 2. The third-order valence-corrected chi connectivity index (χ3v) is 4.02. The minimum Gasteiger partial charge on any atom is -0.486 e. The Bertz CT molecular complexity index is 732. The highest BCUT2D eigenvalue weighted by molar-refractivity contribution is 9.10. The summed E-state index contributed by atoms with van der Waals surface area (Å²) in [7, 11) is 0. The summed E-state index contributed by atoms with van der Waals surface area (Å²) >= 11 is 4.13. The molecule has 2 aromatic heterocycles. The second kappa shape index (κ2) is 9.31. The summed E-state index contributed by atoms with van der Waals surface area (Å²) < 4.78 is 41.9. The molecule has 0 atom stereocenters. The monoisotopic (exact) mass is 450 g/mol. The maximum Gasteiger partial charge on any atom is 0.278 e. The van der Waals surface area contributed by atoms with Gasteiger partial charge >= 0.3 is 0 Å². The van der Waals surface area contributed by atoms with Crippen molar-refractivity contribution >= 4 is 34.1 Å². The van der Waals surface area contributed by atoms with E-state index >= 15 is 0 Å². The number of nitrogens with two attached hydrogens (primary N) is 1. The Labute approximate surface area is 162 Å². The molecule has 0 unspecified atom stereocenters. The number of nitrogen functional groups attached to an aromatic ring is 1. The van der Waals surface area contributed by atoms with Gasteiger partial charge in [0, 0.05) is 13.0 Å². The number of hydrogen-bond donors (Lipinski definition) is 2. The van der Waals surface area contributed by atoms with Gasteiger partial charge in [0.25, 0.3) is 5.92 Å². The van der Waals surface area contributed by atoms with E-state index in [2.05, 4.69) is 31.3 Å². The van der Waals surface area contributed by atoms with Gasteiger partial charge in [0.05, 0.1) is 23.0 Å². The Morgan fingerprint density at radius 3 is 2.73 bits per heavy atom. The first-order valence-electron chi connectivity index (χ1n) is 7.44. The molecule has 0 aromatic carbocycles. The largest absolute Gasteiger partial charge is 0.486 e. The molecule has 2 rings (SSSR count). The summed E-state index contributed by atoms with van der Waals surface area (Å²) in [5.74, 6) is 3.50. The van der Waals surface area contributed by atoms with Crippen molar-refractivity contribution in [3.63, 3.8) is 0 Å². The lowest BCUT2D eigenvalue weighted by atomic mass is 10.2. The Morgan fingerprint density at radius 2 is 2.15 bits per heavy atom. The second-order valence-corrected chi connectivity index (χ2v) is 6.50. The lowest BCUT2D eigenvalue weighted by Crippen LogP contribution is -2.20. The molecule has 0 aliphatic rings. The molecular formula is C15H17BrF2N4O3S. The van der Waals surface area contributed by atoms with Crippen molar-refractivity contribution in [3.05, 3.63) is 28.9 Å². The minimum absolute atomic E-state index is 0.218. The van der Waals surface area contributed by atoms with Gasteiger partial charge in [0.2, 0.25) is 12.3 Å². The van der Waals surface area contributed by atoms with E-state index in [0.29, 0.717) is 34.0 Å². The molecule has 142 valence electrons. The molecule has 3 N–H and O–H groups in total. The first-order chi connectivity index (χ1) is 12.3. The molecule has 2 aromatic rings. The van der Waals surface area contributed by atoms with E-state index < -0.39 is 12.5 Å². The number of anilines is 1. The van der Waals surface area contributed by atoms with Crippen LogP contribution in [0, 0.1) is 0 Å². The van der Waals surface area contributed by atoms with Gasteiger partial charge in [-0.25, -0.2) is 19.6 Å². The van der Waals surface area contributed by atoms with Crippen molar-refractivity contribution in [2.45, 2.75) is 19.8 Å². The summed E-state index contributed by atoms with van der Waals surface area (Å²) in [6.07, 6.45) is 1.33.